The summed E-state index contributed by atoms with van der Waals surface area (Å²) in [6, 6.07) is 14.6. The van der Waals surface area contributed by atoms with Gasteiger partial charge in [-0.1, -0.05) is 17.1 Å². The van der Waals surface area contributed by atoms with E-state index in [1.807, 2.05) is 30.3 Å². The van der Waals surface area contributed by atoms with Crippen molar-refractivity contribution in [3.8, 4) is 17.0 Å². The van der Waals surface area contributed by atoms with Crippen molar-refractivity contribution < 1.29 is 22.3 Å². The van der Waals surface area contributed by atoms with Crippen LogP contribution in [-0.4, -0.2) is 38.1 Å². The van der Waals surface area contributed by atoms with Gasteiger partial charge in [-0.3, -0.25) is 4.21 Å². The van der Waals surface area contributed by atoms with Crippen LogP contribution in [-0.2, 0) is 11.1 Å². The van der Waals surface area contributed by atoms with Gasteiger partial charge in [-0.25, -0.2) is 18.7 Å². The second-order valence-corrected chi connectivity index (χ2v) is 8.96. The Balaban J connectivity index is 1.55. The molecule has 34 heavy (non-hydrogen) atoms. The highest BCUT2D eigenvalue weighted by atomic mass is 32.2. The zero-order valence-electron chi connectivity index (χ0n) is 17.9. The van der Waals surface area contributed by atoms with Crippen molar-refractivity contribution in [3.05, 3.63) is 72.4 Å². The number of benzene rings is 2. The molecule has 0 aliphatic rings. The summed E-state index contributed by atoms with van der Waals surface area (Å²) >= 11 is -1.12. The van der Waals surface area contributed by atoms with Gasteiger partial charge in [0, 0.05) is 35.5 Å². The molecule has 0 aliphatic carbocycles. The Morgan fingerprint density at radius 1 is 1.09 bits per heavy atom. The van der Waals surface area contributed by atoms with Gasteiger partial charge < -0.3 is 19.3 Å². The molecule has 11 heteroatoms. The lowest BCUT2D eigenvalue weighted by Gasteiger charge is -2.12. The van der Waals surface area contributed by atoms with Crippen molar-refractivity contribution >= 4 is 45.4 Å². The van der Waals surface area contributed by atoms with Crippen LogP contribution in [0.5, 0.6) is 5.88 Å². The number of nitrogens with one attached hydrogen (secondary N) is 2. The molecule has 176 valence electrons. The zero-order valence-corrected chi connectivity index (χ0v) is 19.5. The minimum absolute atomic E-state index is 0.00554. The summed E-state index contributed by atoms with van der Waals surface area (Å²) in [5.41, 5.74) is 2.96. The lowest BCUT2D eigenvalue weighted by molar-refractivity contribution is 0.400. The number of hydrogen-bond donors (Lipinski definition) is 2. The molecule has 0 radical (unpaired) electrons. The lowest BCUT2D eigenvalue weighted by Crippen LogP contribution is -2.11. The van der Waals surface area contributed by atoms with Crippen LogP contribution in [0, 0.1) is 11.6 Å². The van der Waals surface area contributed by atoms with Gasteiger partial charge in [-0.15, -0.1) is 0 Å². The van der Waals surface area contributed by atoms with Crippen LogP contribution in [0.3, 0.4) is 0 Å². The molecule has 2 aromatic heterocycles. The Morgan fingerprint density at radius 2 is 1.94 bits per heavy atom. The van der Waals surface area contributed by atoms with Crippen LogP contribution in [0.2, 0.25) is 0 Å². The summed E-state index contributed by atoms with van der Waals surface area (Å²) in [7, 11) is 1.48. The predicted molar refractivity (Wildman–Crippen MR) is 130 cm³/mol. The van der Waals surface area contributed by atoms with Crippen molar-refractivity contribution in [2.24, 2.45) is 0 Å². The summed E-state index contributed by atoms with van der Waals surface area (Å²) in [6.07, 6.45) is 1.67. The first-order valence-electron chi connectivity index (χ1n) is 10.1. The Labute approximate surface area is 201 Å². The summed E-state index contributed by atoms with van der Waals surface area (Å²) in [6.45, 7) is 0.278. The van der Waals surface area contributed by atoms with Gasteiger partial charge in [0.15, 0.2) is 0 Å². The highest BCUT2D eigenvalue weighted by molar-refractivity contribution is 8.00. The van der Waals surface area contributed by atoms with E-state index in [9.17, 15) is 17.5 Å². The number of aromatic nitrogens is 2. The predicted octanol–water partition coefficient (Wildman–Crippen LogP) is 4.99. The molecule has 4 rings (SSSR count). The monoisotopic (exact) mass is 501 g/mol. The smallest absolute Gasteiger partial charge is 0.237 e. The molecule has 2 aromatic carbocycles. The molecule has 0 aliphatic heterocycles. The van der Waals surface area contributed by atoms with Crippen molar-refractivity contribution in [1.82, 2.24) is 9.97 Å². The maximum absolute atomic E-state index is 14.0. The van der Waals surface area contributed by atoms with Crippen LogP contribution >= 0.6 is 11.9 Å². The first kappa shape index (κ1) is 23.9. The molecule has 0 spiro atoms. The molecule has 2 N–H and O–H groups in total. The number of ether oxygens (including phenoxy) is 1. The third-order valence-corrected chi connectivity index (χ3v) is 6.22. The number of hydrogen-bond acceptors (Lipinski definition) is 8. The summed E-state index contributed by atoms with van der Waals surface area (Å²) in [5, 5.41) is 3.88. The first-order valence-corrected chi connectivity index (χ1v) is 12.1. The van der Waals surface area contributed by atoms with E-state index >= 15 is 0 Å². The van der Waals surface area contributed by atoms with Crippen molar-refractivity contribution in [1.29, 1.82) is 0 Å². The molecular weight excluding hydrogens is 482 g/mol. The van der Waals surface area contributed by atoms with E-state index in [0.717, 1.165) is 40.0 Å². The van der Waals surface area contributed by atoms with Crippen LogP contribution in [0.25, 0.3) is 22.0 Å². The second-order valence-electron chi connectivity index (χ2n) is 7.10. The van der Waals surface area contributed by atoms with Gasteiger partial charge in [0.25, 0.3) is 0 Å². The van der Waals surface area contributed by atoms with Gasteiger partial charge >= 0.3 is 0 Å². The number of halogens is 2. The lowest BCUT2D eigenvalue weighted by atomic mass is 10.0. The van der Waals surface area contributed by atoms with E-state index in [4.69, 9.17) is 4.74 Å². The molecule has 0 amide bonds. The quantitative estimate of drug-likeness (QED) is 0.244. The van der Waals surface area contributed by atoms with Gasteiger partial charge in [-0.2, -0.15) is 0 Å². The minimum atomic E-state index is -2.11. The summed E-state index contributed by atoms with van der Waals surface area (Å²) in [5.74, 6) is -0.385. The maximum atomic E-state index is 14.0. The molecule has 4 aromatic rings. The van der Waals surface area contributed by atoms with Crippen LogP contribution < -0.4 is 14.8 Å². The van der Waals surface area contributed by atoms with Gasteiger partial charge in [0.1, 0.15) is 23.1 Å². The molecule has 0 bridgehead atoms. The zero-order chi connectivity index (χ0) is 24.1. The largest absolute Gasteiger partial charge is 0.772 e. The van der Waals surface area contributed by atoms with Gasteiger partial charge in [-0.05, 0) is 60.0 Å². The highest BCUT2D eigenvalue weighted by Crippen LogP contribution is 2.33. The molecule has 1 atom stereocenters. The van der Waals surface area contributed by atoms with Gasteiger partial charge in [0.2, 0.25) is 5.88 Å². The maximum Gasteiger partial charge on any atom is 0.237 e. The minimum Gasteiger partial charge on any atom is -0.772 e. The van der Waals surface area contributed by atoms with E-state index in [1.54, 1.807) is 12.3 Å². The fraction of sp³-hybridized carbons (Fsp3) is 0.130. The van der Waals surface area contributed by atoms with E-state index < -0.39 is 22.7 Å². The number of pyridine rings is 2. The summed E-state index contributed by atoms with van der Waals surface area (Å²) in [4.78, 5) is 9.07. The molecule has 0 saturated heterocycles. The van der Waals surface area contributed by atoms with Crippen LogP contribution in [0.15, 0.2) is 65.7 Å². The van der Waals surface area contributed by atoms with Crippen LogP contribution in [0.1, 0.15) is 0 Å². The molecule has 7 nitrogen and oxygen atoms in total. The normalized spacial score (nSPS) is 11.9. The fourth-order valence-electron chi connectivity index (χ4n) is 3.18. The number of rotatable bonds is 9. The third-order valence-electron chi connectivity index (χ3n) is 4.81. The van der Waals surface area contributed by atoms with Crippen molar-refractivity contribution in [3.63, 3.8) is 0 Å². The third kappa shape index (κ3) is 5.79. The fourth-order valence-corrected chi connectivity index (χ4v) is 4.11. The van der Waals surface area contributed by atoms with E-state index in [1.165, 1.54) is 19.2 Å². The first-order chi connectivity index (χ1) is 16.4. The second kappa shape index (κ2) is 10.8. The topological polar surface area (TPSA) is 99.2 Å². The Bertz CT molecular complexity index is 1360. The van der Waals surface area contributed by atoms with E-state index in [-0.39, 0.29) is 17.2 Å². The molecule has 2 heterocycles. The Morgan fingerprint density at radius 3 is 2.71 bits per heavy atom. The molecule has 1 unspecified atom stereocenters. The Kier molecular flexibility index (Phi) is 7.56. The van der Waals surface area contributed by atoms with Gasteiger partial charge in [0.05, 0.1) is 17.5 Å². The number of fused-ring (bicyclic) bond motifs is 1. The van der Waals surface area contributed by atoms with Crippen LogP contribution in [0.4, 0.5) is 20.3 Å². The van der Waals surface area contributed by atoms with Crippen molar-refractivity contribution in [2.45, 2.75) is 4.90 Å². The standard InChI is InChI=1S/C23H20F2N4O3S2/c1-32-23-20(29-33-21-6-4-17(24)12-18(21)25)11-16(13-27-23)14-2-5-19-15(10-14)3-7-22(28-19)26-8-9-34(30)31/h2-7,10-13,29H,8-9H2,1H3,(H,26,28)(H,30,31)/p-1. The average molecular weight is 502 g/mol. The SMILES string of the molecule is COc1ncc(-c2ccc3nc(NCCS(=O)[O-])ccc3c2)cc1NSc1ccc(F)cc1F. The highest BCUT2D eigenvalue weighted by Gasteiger charge is 2.11. The average Bonchev–Trinajstić information content (AvgIpc) is 2.82. The summed E-state index contributed by atoms with van der Waals surface area (Å²) < 4.78 is 56.8. The molecule has 0 saturated carbocycles. The Hall–Kier alpha value is -3.28. The number of nitrogens with zero attached hydrogens (tertiary/aromatic N) is 2. The number of methoxy groups -OCH3 is 1. The number of anilines is 2. The van der Waals surface area contributed by atoms with E-state index in [0.29, 0.717) is 17.4 Å². The molecule has 0 fully saturated rings. The van der Waals surface area contributed by atoms with Crippen molar-refractivity contribution in [2.75, 3.05) is 29.4 Å². The van der Waals surface area contributed by atoms with E-state index in [2.05, 4.69) is 20.0 Å². The molecular formula is C23H19F2N4O3S2-.